The number of hydrogen-bond acceptors (Lipinski definition) is 7. The third kappa shape index (κ3) is 5.78. The largest absolute Gasteiger partial charge is 0.507 e. The first kappa shape index (κ1) is 35.5. The Balaban J connectivity index is 1.50. The van der Waals surface area contributed by atoms with Crippen LogP contribution in [-0.2, 0) is 38.4 Å². The number of ketones is 4. The van der Waals surface area contributed by atoms with Crippen LogP contribution in [0.2, 0.25) is 0 Å². The molecule has 3 atom stereocenters. The van der Waals surface area contributed by atoms with Crippen molar-refractivity contribution >= 4 is 28.9 Å². The number of aryl methyl sites for hydroxylation is 1. The minimum Gasteiger partial charge on any atom is -0.507 e. The van der Waals surface area contributed by atoms with Crippen LogP contribution in [0.25, 0.3) is 5.76 Å². The summed E-state index contributed by atoms with van der Waals surface area (Å²) < 4.78 is 5.89. The van der Waals surface area contributed by atoms with Gasteiger partial charge in [-0.15, -0.1) is 0 Å². The van der Waals surface area contributed by atoms with Crippen LogP contribution in [0.5, 0.6) is 5.75 Å². The molecule has 0 aromatic heterocycles. The predicted molar refractivity (Wildman–Crippen MR) is 186 cm³/mol. The molecule has 0 heterocycles. The summed E-state index contributed by atoms with van der Waals surface area (Å²) in [5, 5.41) is 24.1. The number of carbonyl (C=O) groups excluding carboxylic acids is 4. The third-order valence-corrected chi connectivity index (χ3v) is 10.7. The van der Waals surface area contributed by atoms with Crippen molar-refractivity contribution in [2.24, 2.45) is 10.8 Å². The van der Waals surface area contributed by atoms with Gasteiger partial charge in [-0.3, -0.25) is 19.2 Å². The molecule has 3 aliphatic carbocycles. The minimum absolute atomic E-state index is 0.0516. The fraction of sp³-hybridized carbons (Fsp3) is 0.512. The van der Waals surface area contributed by atoms with Crippen molar-refractivity contribution in [2.75, 3.05) is 0 Å². The SMILES string of the molecule is CC(=O)C1=C(C)C[C@@]2(C)C[C@@]3(C)Cc4c(C(C)C)cc(CCC(=O)Cc5ccc(OC(C)(C)C)cc5)c(C)c4C(O)=C3C(=O)[C@@]2(O)C1=O. The van der Waals surface area contributed by atoms with Gasteiger partial charge in [-0.2, -0.15) is 0 Å². The zero-order chi connectivity index (χ0) is 35.7. The topological polar surface area (TPSA) is 118 Å². The van der Waals surface area contributed by atoms with Crippen molar-refractivity contribution in [3.63, 3.8) is 0 Å². The van der Waals surface area contributed by atoms with Gasteiger partial charge in [0.2, 0.25) is 11.6 Å². The van der Waals surface area contributed by atoms with Crippen LogP contribution in [0.15, 0.2) is 47.1 Å². The number of aliphatic hydroxyl groups excluding tert-OH is 1. The Morgan fingerprint density at radius 2 is 1.62 bits per heavy atom. The number of hydrogen-bond donors (Lipinski definition) is 2. The summed E-state index contributed by atoms with van der Waals surface area (Å²) in [5.74, 6) is -1.45. The fourth-order valence-electron chi connectivity index (χ4n) is 8.76. The molecular weight excluding hydrogens is 604 g/mol. The van der Waals surface area contributed by atoms with Crippen molar-refractivity contribution < 1.29 is 34.1 Å². The minimum atomic E-state index is -2.45. The summed E-state index contributed by atoms with van der Waals surface area (Å²) in [4.78, 5) is 53.9. The molecule has 2 N–H and O–H groups in total. The fourth-order valence-corrected chi connectivity index (χ4v) is 8.76. The number of fused-ring (bicyclic) bond motifs is 3. The number of Topliss-reactive ketones (excluding diaryl/α,β-unsaturated/α-hetero) is 4. The van der Waals surface area contributed by atoms with E-state index in [-0.39, 0.29) is 47.0 Å². The molecule has 1 fully saturated rings. The highest BCUT2D eigenvalue weighted by Gasteiger charge is 2.69. The second-order valence-electron chi connectivity index (χ2n) is 16.3. The van der Waals surface area contributed by atoms with Crippen molar-refractivity contribution in [1.82, 2.24) is 0 Å². The highest BCUT2D eigenvalue weighted by molar-refractivity contribution is 6.33. The van der Waals surface area contributed by atoms with Crippen LogP contribution in [0.4, 0.5) is 0 Å². The summed E-state index contributed by atoms with van der Waals surface area (Å²) in [6, 6.07) is 9.73. The Morgan fingerprint density at radius 1 is 1.00 bits per heavy atom. The molecule has 0 spiro atoms. The van der Waals surface area contributed by atoms with E-state index in [0.717, 1.165) is 33.6 Å². The summed E-state index contributed by atoms with van der Waals surface area (Å²) >= 11 is 0. The van der Waals surface area contributed by atoms with Crippen LogP contribution in [0.3, 0.4) is 0 Å². The summed E-state index contributed by atoms with van der Waals surface area (Å²) in [7, 11) is 0. The van der Waals surface area contributed by atoms with Gasteiger partial charge in [0.05, 0.1) is 5.57 Å². The Kier molecular flexibility index (Phi) is 8.82. The third-order valence-electron chi connectivity index (χ3n) is 10.7. The Bertz CT molecular complexity index is 1800. The van der Waals surface area contributed by atoms with Crippen LogP contribution < -0.4 is 4.74 Å². The van der Waals surface area contributed by atoms with Crippen LogP contribution in [0.1, 0.15) is 121 Å². The van der Waals surface area contributed by atoms with Crippen molar-refractivity contribution in [1.29, 1.82) is 0 Å². The monoisotopic (exact) mass is 654 g/mol. The van der Waals surface area contributed by atoms with Gasteiger partial charge in [0.25, 0.3) is 0 Å². The van der Waals surface area contributed by atoms with E-state index in [1.165, 1.54) is 6.92 Å². The summed E-state index contributed by atoms with van der Waals surface area (Å²) in [6.07, 6.45) is 2.02. The molecule has 0 saturated heterocycles. The molecule has 2 aromatic carbocycles. The van der Waals surface area contributed by atoms with E-state index in [2.05, 4.69) is 19.9 Å². The molecule has 2 aromatic rings. The average Bonchev–Trinajstić information content (AvgIpc) is 2.94. The van der Waals surface area contributed by atoms with Crippen molar-refractivity contribution in [2.45, 2.75) is 125 Å². The lowest BCUT2D eigenvalue weighted by molar-refractivity contribution is -0.171. The van der Waals surface area contributed by atoms with Gasteiger partial charge < -0.3 is 14.9 Å². The van der Waals surface area contributed by atoms with Gasteiger partial charge in [0.15, 0.2) is 11.4 Å². The molecule has 256 valence electrons. The van der Waals surface area contributed by atoms with Gasteiger partial charge in [0.1, 0.15) is 22.9 Å². The molecule has 3 aliphatic rings. The van der Waals surface area contributed by atoms with E-state index in [1.807, 2.05) is 58.9 Å². The molecule has 1 saturated carbocycles. The lowest BCUT2D eigenvalue weighted by atomic mass is 9.46. The normalized spacial score (nSPS) is 25.6. The number of carbonyl (C=O) groups is 4. The number of aliphatic hydroxyl groups is 2. The van der Waals surface area contributed by atoms with Gasteiger partial charge in [0, 0.05) is 34.8 Å². The zero-order valence-electron chi connectivity index (χ0n) is 30.1. The van der Waals surface area contributed by atoms with Gasteiger partial charge in [-0.1, -0.05) is 51.5 Å². The molecule has 0 unspecified atom stereocenters. The van der Waals surface area contributed by atoms with E-state index in [4.69, 9.17) is 4.74 Å². The van der Waals surface area contributed by atoms with Crippen LogP contribution in [-0.4, -0.2) is 44.5 Å². The highest BCUT2D eigenvalue weighted by Crippen LogP contribution is 2.62. The van der Waals surface area contributed by atoms with E-state index >= 15 is 0 Å². The Labute approximate surface area is 284 Å². The molecule has 5 rings (SSSR count). The van der Waals surface area contributed by atoms with Gasteiger partial charge in [-0.05, 0) is 113 Å². The molecule has 0 amide bonds. The first-order valence-electron chi connectivity index (χ1n) is 17.0. The Morgan fingerprint density at radius 3 is 2.19 bits per heavy atom. The van der Waals surface area contributed by atoms with E-state index < -0.39 is 33.8 Å². The predicted octanol–water partition coefficient (Wildman–Crippen LogP) is 7.46. The lowest BCUT2D eigenvalue weighted by Gasteiger charge is -2.56. The molecular formula is C41H50O7. The molecule has 7 nitrogen and oxygen atoms in total. The Hall–Kier alpha value is -3.84. The maximum atomic E-state index is 14.4. The van der Waals surface area contributed by atoms with E-state index in [1.54, 1.807) is 13.8 Å². The van der Waals surface area contributed by atoms with Crippen LogP contribution >= 0.6 is 0 Å². The molecule has 0 bridgehead atoms. The first-order chi connectivity index (χ1) is 22.1. The maximum Gasteiger partial charge on any atom is 0.206 e. The standard InChI is InChI=1S/C41H50O7/c1-22(2)30-18-27(13-14-28(43)17-26-11-15-29(16-12-26)48-38(6,7)8)24(4)33-31(30)20-39(9)21-40(10)19-23(3)32(25(5)42)36(45)41(40,47)37(46)34(39)35(33)44/h11-12,15-16,18,22,44,47H,13-14,17,19-21H2,1-10H3/t39-,40+,41+/m1/s1. The molecule has 48 heavy (non-hydrogen) atoms. The summed E-state index contributed by atoms with van der Waals surface area (Å²) in [6.45, 7) is 18.7. The number of benzene rings is 2. The molecule has 0 aliphatic heterocycles. The number of rotatable bonds is 8. The quantitative estimate of drug-likeness (QED) is 0.224. The number of allylic oxidation sites excluding steroid dienone is 1. The summed E-state index contributed by atoms with van der Waals surface area (Å²) in [5.41, 5.74) is 0.904. The van der Waals surface area contributed by atoms with E-state index in [9.17, 15) is 29.4 Å². The number of ether oxygens (including phenoxy) is 1. The molecule has 0 radical (unpaired) electrons. The van der Waals surface area contributed by atoms with E-state index in [0.29, 0.717) is 36.8 Å². The second-order valence-corrected chi connectivity index (χ2v) is 16.3. The molecule has 7 heteroatoms. The zero-order valence-corrected chi connectivity index (χ0v) is 30.1. The van der Waals surface area contributed by atoms with Gasteiger partial charge >= 0.3 is 0 Å². The van der Waals surface area contributed by atoms with Crippen LogP contribution in [0, 0.1) is 17.8 Å². The van der Waals surface area contributed by atoms with Crippen molar-refractivity contribution in [3.05, 3.63) is 80.4 Å². The second kappa shape index (κ2) is 11.9. The smallest absolute Gasteiger partial charge is 0.206 e. The lowest BCUT2D eigenvalue weighted by Crippen LogP contribution is -2.67. The first-order valence-corrected chi connectivity index (χ1v) is 17.0. The highest BCUT2D eigenvalue weighted by atomic mass is 16.5. The maximum absolute atomic E-state index is 14.4. The average molecular weight is 655 g/mol. The van der Waals surface area contributed by atoms with Gasteiger partial charge in [-0.25, -0.2) is 0 Å². The van der Waals surface area contributed by atoms with Crippen molar-refractivity contribution in [3.8, 4) is 5.75 Å².